The van der Waals surface area contributed by atoms with Gasteiger partial charge < -0.3 is 4.74 Å². The van der Waals surface area contributed by atoms with Gasteiger partial charge in [-0.1, -0.05) is 44.2 Å². The van der Waals surface area contributed by atoms with E-state index in [1.165, 1.54) is 16.5 Å². The van der Waals surface area contributed by atoms with Gasteiger partial charge in [-0.15, -0.1) is 0 Å². The molecular formula is C23H26N4O3. The fraction of sp³-hybridized carbons (Fsp3) is 0.261. The van der Waals surface area contributed by atoms with Crippen molar-refractivity contribution >= 4 is 12.1 Å². The first kappa shape index (κ1) is 21.1. The molecule has 0 saturated carbocycles. The monoisotopic (exact) mass is 406 g/mol. The number of nitrogens with zero attached hydrogens (tertiary/aromatic N) is 2. The van der Waals surface area contributed by atoms with Gasteiger partial charge in [-0.2, -0.15) is 5.10 Å². The molecule has 0 aliphatic carbocycles. The van der Waals surface area contributed by atoms with Gasteiger partial charge in [0.1, 0.15) is 5.75 Å². The molecule has 0 aliphatic rings. The Morgan fingerprint density at radius 1 is 1.20 bits per heavy atom. The van der Waals surface area contributed by atoms with Gasteiger partial charge >= 0.3 is 0 Å². The SMILES string of the molecule is CCC(C)c1ccc(OCC(=O)NN=Cc2c(C)[nH]n(-c3ccccc3)c2=O)cc1. The Morgan fingerprint density at radius 3 is 2.57 bits per heavy atom. The normalized spacial score (nSPS) is 12.1. The van der Waals surface area contributed by atoms with E-state index in [4.69, 9.17) is 4.74 Å². The molecule has 3 rings (SSSR count). The van der Waals surface area contributed by atoms with Crippen molar-refractivity contribution in [3.8, 4) is 11.4 Å². The van der Waals surface area contributed by atoms with Crippen LogP contribution in [0.25, 0.3) is 5.69 Å². The minimum atomic E-state index is -0.408. The second kappa shape index (κ2) is 9.73. The van der Waals surface area contributed by atoms with Gasteiger partial charge in [-0.05, 0) is 49.1 Å². The fourth-order valence-corrected chi connectivity index (χ4v) is 2.95. The second-order valence-electron chi connectivity index (χ2n) is 7.09. The highest BCUT2D eigenvalue weighted by atomic mass is 16.5. The predicted molar refractivity (Wildman–Crippen MR) is 118 cm³/mol. The molecule has 0 saturated heterocycles. The maximum Gasteiger partial charge on any atom is 0.280 e. The van der Waals surface area contributed by atoms with Gasteiger partial charge in [0.05, 0.1) is 17.5 Å². The lowest BCUT2D eigenvalue weighted by molar-refractivity contribution is -0.123. The van der Waals surface area contributed by atoms with Crippen LogP contribution in [-0.4, -0.2) is 28.5 Å². The van der Waals surface area contributed by atoms with Crippen LogP contribution in [0.4, 0.5) is 0 Å². The van der Waals surface area contributed by atoms with Crippen LogP contribution < -0.4 is 15.7 Å². The van der Waals surface area contributed by atoms with E-state index in [2.05, 4.69) is 29.5 Å². The number of benzene rings is 2. The Hall–Kier alpha value is -3.61. The maximum atomic E-state index is 12.6. The molecule has 7 heteroatoms. The molecule has 2 aromatic carbocycles. The molecule has 156 valence electrons. The molecule has 1 amide bonds. The fourth-order valence-electron chi connectivity index (χ4n) is 2.95. The number of nitrogens with one attached hydrogen (secondary N) is 2. The van der Waals surface area contributed by atoms with Crippen LogP contribution in [0.5, 0.6) is 5.75 Å². The number of carbonyl (C=O) groups is 1. The zero-order valence-electron chi connectivity index (χ0n) is 17.4. The predicted octanol–water partition coefficient (Wildman–Crippen LogP) is 3.52. The number of aryl methyl sites for hydroxylation is 1. The summed E-state index contributed by atoms with van der Waals surface area (Å²) in [5.74, 6) is 0.697. The van der Waals surface area contributed by atoms with Gasteiger partial charge in [0.15, 0.2) is 6.61 Å². The van der Waals surface area contributed by atoms with Crippen molar-refractivity contribution in [1.29, 1.82) is 0 Å². The summed E-state index contributed by atoms with van der Waals surface area (Å²) in [5.41, 5.74) is 5.14. The number of aromatic amines is 1. The average molecular weight is 406 g/mol. The van der Waals surface area contributed by atoms with E-state index in [0.29, 0.717) is 22.9 Å². The van der Waals surface area contributed by atoms with E-state index in [9.17, 15) is 9.59 Å². The lowest BCUT2D eigenvalue weighted by atomic mass is 9.99. The molecule has 3 aromatic rings. The summed E-state index contributed by atoms with van der Waals surface area (Å²) in [6.07, 6.45) is 2.41. The van der Waals surface area contributed by atoms with Gasteiger partial charge in [0.25, 0.3) is 11.5 Å². The second-order valence-corrected chi connectivity index (χ2v) is 7.09. The molecule has 7 nitrogen and oxygen atoms in total. The third kappa shape index (κ3) is 5.05. The van der Waals surface area contributed by atoms with Crippen molar-refractivity contribution in [1.82, 2.24) is 15.2 Å². The van der Waals surface area contributed by atoms with Crippen molar-refractivity contribution in [2.24, 2.45) is 5.10 Å². The Kier molecular flexibility index (Phi) is 6.85. The van der Waals surface area contributed by atoms with Crippen LogP contribution in [0.3, 0.4) is 0 Å². The van der Waals surface area contributed by atoms with Crippen molar-refractivity contribution in [3.05, 3.63) is 81.8 Å². The van der Waals surface area contributed by atoms with Crippen LogP contribution in [-0.2, 0) is 4.79 Å². The lowest BCUT2D eigenvalue weighted by Gasteiger charge is -2.10. The number of para-hydroxylation sites is 1. The standard InChI is InChI=1S/C23H26N4O3/c1-4-16(2)18-10-12-20(13-11-18)30-15-22(28)25-24-14-21-17(3)26-27(23(21)29)19-8-6-5-7-9-19/h5-14,16,26H,4,15H2,1-3H3,(H,25,28). The van der Waals surface area contributed by atoms with Crippen LogP contribution in [0.1, 0.15) is 43.0 Å². The minimum Gasteiger partial charge on any atom is -0.484 e. The van der Waals surface area contributed by atoms with E-state index >= 15 is 0 Å². The average Bonchev–Trinajstić information content (AvgIpc) is 3.06. The van der Waals surface area contributed by atoms with Crippen LogP contribution in [0.15, 0.2) is 64.5 Å². The molecule has 1 atom stereocenters. The highest BCUT2D eigenvalue weighted by molar-refractivity contribution is 5.83. The number of ether oxygens (including phenoxy) is 1. The number of aromatic nitrogens is 2. The summed E-state index contributed by atoms with van der Waals surface area (Å²) in [5, 5.41) is 6.90. The number of hydrazone groups is 1. The molecule has 1 aromatic heterocycles. The molecule has 0 radical (unpaired) electrons. The quantitative estimate of drug-likeness (QED) is 0.443. The van der Waals surface area contributed by atoms with Crippen molar-refractivity contribution in [2.45, 2.75) is 33.1 Å². The zero-order valence-corrected chi connectivity index (χ0v) is 17.4. The Bertz CT molecular complexity index is 1070. The molecular weight excluding hydrogens is 380 g/mol. The first-order valence-electron chi connectivity index (χ1n) is 9.91. The Balaban J connectivity index is 1.56. The Labute approximate surface area is 175 Å². The molecule has 0 spiro atoms. The molecule has 0 bridgehead atoms. The number of carbonyl (C=O) groups excluding carboxylic acids is 1. The summed E-state index contributed by atoms with van der Waals surface area (Å²) in [4.78, 5) is 24.6. The number of H-pyrrole nitrogens is 1. The number of rotatable bonds is 8. The molecule has 0 aliphatic heterocycles. The van der Waals surface area contributed by atoms with Gasteiger partial charge in [-0.3, -0.25) is 14.7 Å². The van der Waals surface area contributed by atoms with Crippen LogP contribution in [0.2, 0.25) is 0 Å². The summed E-state index contributed by atoms with van der Waals surface area (Å²) in [6.45, 7) is 5.92. The topological polar surface area (TPSA) is 88.5 Å². The first-order valence-corrected chi connectivity index (χ1v) is 9.91. The van der Waals surface area contributed by atoms with E-state index in [0.717, 1.165) is 12.1 Å². The van der Waals surface area contributed by atoms with Crippen LogP contribution in [0, 0.1) is 6.92 Å². The largest absolute Gasteiger partial charge is 0.484 e. The summed E-state index contributed by atoms with van der Waals surface area (Å²) in [7, 11) is 0. The number of hydrogen-bond acceptors (Lipinski definition) is 4. The van der Waals surface area contributed by atoms with Crippen molar-refractivity contribution < 1.29 is 9.53 Å². The summed E-state index contributed by atoms with van der Waals surface area (Å²) >= 11 is 0. The highest BCUT2D eigenvalue weighted by Gasteiger charge is 2.10. The lowest BCUT2D eigenvalue weighted by Crippen LogP contribution is -2.25. The van der Waals surface area contributed by atoms with E-state index in [1.807, 2.05) is 54.6 Å². The highest BCUT2D eigenvalue weighted by Crippen LogP contribution is 2.21. The van der Waals surface area contributed by atoms with Crippen LogP contribution >= 0.6 is 0 Å². The number of amides is 1. The Morgan fingerprint density at radius 2 is 1.90 bits per heavy atom. The van der Waals surface area contributed by atoms with E-state index in [1.54, 1.807) is 6.92 Å². The van der Waals surface area contributed by atoms with Crippen molar-refractivity contribution in [2.75, 3.05) is 6.61 Å². The van der Waals surface area contributed by atoms with Gasteiger partial charge in [0, 0.05) is 5.69 Å². The summed E-state index contributed by atoms with van der Waals surface area (Å²) < 4.78 is 6.93. The third-order valence-electron chi connectivity index (χ3n) is 4.95. The molecule has 30 heavy (non-hydrogen) atoms. The molecule has 0 fully saturated rings. The number of hydrogen-bond donors (Lipinski definition) is 2. The zero-order chi connectivity index (χ0) is 21.5. The van der Waals surface area contributed by atoms with Gasteiger partial charge in [0.2, 0.25) is 0 Å². The minimum absolute atomic E-state index is 0.166. The molecule has 2 N–H and O–H groups in total. The maximum absolute atomic E-state index is 12.6. The first-order chi connectivity index (χ1) is 14.5. The third-order valence-corrected chi connectivity index (χ3v) is 4.95. The summed E-state index contributed by atoms with van der Waals surface area (Å²) in [6, 6.07) is 17.0. The molecule has 1 heterocycles. The van der Waals surface area contributed by atoms with E-state index < -0.39 is 5.91 Å². The van der Waals surface area contributed by atoms with Gasteiger partial charge in [-0.25, -0.2) is 10.1 Å². The van der Waals surface area contributed by atoms with Crippen molar-refractivity contribution in [3.63, 3.8) is 0 Å². The smallest absolute Gasteiger partial charge is 0.280 e. The van der Waals surface area contributed by atoms with E-state index in [-0.39, 0.29) is 12.2 Å². The molecule has 1 unspecified atom stereocenters.